The molecular weight excluding hydrogens is 272 g/mol. The maximum atomic E-state index is 11.4. The van der Waals surface area contributed by atoms with Crippen LogP contribution < -0.4 is 5.32 Å². The Morgan fingerprint density at radius 3 is 2.55 bits per heavy atom. The van der Waals surface area contributed by atoms with Crippen LogP contribution in [0.15, 0.2) is 36.4 Å². The van der Waals surface area contributed by atoms with E-state index in [0.29, 0.717) is 13.1 Å². The SMILES string of the molecule is CCN(CCCNCC=Cc1ccccc1)S(C)(=O)=O. The fourth-order valence-corrected chi connectivity index (χ4v) is 2.81. The lowest BCUT2D eigenvalue weighted by atomic mass is 10.2. The highest BCUT2D eigenvalue weighted by Crippen LogP contribution is 2.00. The molecule has 0 saturated carbocycles. The van der Waals surface area contributed by atoms with Gasteiger partial charge in [-0.2, -0.15) is 0 Å². The minimum Gasteiger partial charge on any atom is -0.313 e. The van der Waals surface area contributed by atoms with Gasteiger partial charge in [-0.15, -0.1) is 0 Å². The normalized spacial score (nSPS) is 12.3. The maximum Gasteiger partial charge on any atom is 0.211 e. The van der Waals surface area contributed by atoms with Crippen LogP contribution in [0.3, 0.4) is 0 Å². The summed E-state index contributed by atoms with van der Waals surface area (Å²) < 4.78 is 24.3. The first kappa shape index (κ1) is 16.9. The van der Waals surface area contributed by atoms with E-state index in [4.69, 9.17) is 0 Å². The molecule has 1 aromatic rings. The first-order valence-corrected chi connectivity index (χ1v) is 8.76. The van der Waals surface area contributed by atoms with Crippen LogP contribution in [-0.4, -0.2) is 45.2 Å². The zero-order valence-corrected chi connectivity index (χ0v) is 13.1. The summed E-state index contributed by atoms with van der Waals surface area (Å²) in [5.74, 6) is 0. The average Bonchev–Trinajstić information content (AvgIpc) is 2.41. The number of nitrogens with one attached hydrogen (secondary N) is 1. The average molecular weight is 296 g/mol. The van der Waals surface area contributed by atoms with Crippen molar-refractivity contribution in [3.63, 3.8) is 0 Å². The quantitative estimate of drug-likeness (QED) is 0.709. The van der Waals surface area contributed by atoms with Crippen LogP contribution >= 0.6 is 0 Å². The summed E-state index contributed by atoms with van der Waals surface area (Å²) in [6.07, 6.45) is 6.22. The molecule has 112 valence electrons. The van der Waals surface area contributed by atoms with Gasteiger partial charge in [0.1, 0.15) is 0 Å². The van der Waals surface area contributed by atoms with Gasteiger partial charge in [0.15, 0.2) is 0 Å². The molecule has 0 aromatic heterocycles. The molecule has 4 nitrogen and oxygen atoms in total. The van der Waals surface area contributed by atoms with Crippen molar-refractivity contribution in [1.29, 1.82) is 0 Å². The standard InChI is InChI=1S/C15H24N2O2S/c1-3-17(20(2,18)19)14-8-13-16-12-7-11-15-9-5-4-6-10-15/h4-7,9-11,16H,3,8,12-14H2,1-2H3. The molecule has 0 aliphatic rings. The third kappa shape index (κ3) is 6.84. The molecule has 20 heavy (non-hydrogen) atoms. The van der Waals surface area contributed by atoms with E-state index in [1.807, 2.05) is 25.1 Å². The lowest BCUT2D eigenvalue weighted by Crippen LogP contribution is -2.32. The molecule has 0 amide bonds. The highest BCUT2D eigenvalue weighted by molar-refractivity contribution is 7.88. The van der Waals surface area contributed by atoms with Gasteiger partial charge in [-0.1, -0.05) is 49.4 Å². The molecule has 0 unspecified atom stereocenters. The Labute approximate surface area is 122 Å². The Morgan fingerprint density at radius 2 is 1.95 bits per heavy atom. The van der Waals surface area contributed by atoms with Gasteiger partial charge in [0, 0.05) is 19.6 Å². The zero-order valence-electron chi connectivity index (χ0n) is 12.2. The summed E-state index contributed by atoms with van der Waals surface area (Å²) in [6.45, 7) is 4.57. The van der Waals surface area contributed by atoms with Gasteiger partial charge >= 0.3 is 0 Å². The van der Waals surface area contributed by atoms with E-state index in [1.54, 1.807) is 0 Å². The van der Waals surface area contributed by atoms with E-state index in [9.17, 15) is 8.42 Å². The molecule has 0 atom stereocenters. The summed E-state index contributed by atoms with van der Waals surface area (Å²) in [6, 6.07) is 10.1. The van der Waals surface area contributed by atoms with E-state index in [0.717, 1.165) is 19.5 Å². The summed E-state index contributed by atoms with van der Waals surface area (Å²) in [5.41, 5.74) is 1.18. The number of hydrogen-bond acceptors (Lipinski definition) is 3. The number of rotatable bonds is 9. The Kier molecular flexibility index (Phi) is 7.51. The highest BCUT2D eigenvalue weighted by atomic mass is 32.2. The molecule has 0 aliphatic heterocycles. The van der Waals surface area contributed by atoms with E-state index >= 15 is 0 Å². The molecular formula is C15H24N2O2S. The molecule has 1 rings (SSSR count). The van der Waals surface area contributed by atoms with Gasteiger partial charge in [0.25, 0.3) is 0 Å². The molecule has 0 spiro atoms. The lowest BCUT2D eigenvalue weighted by Gasteiger charge is -2.17. The molecule has 0 saturated heterocycles. The summed E-state index contributed by atoms with van der Waals surface area (Å²) in [7, 11) is -3.06. The fourth-order valence-electron chi connectivity index (χ4n) is 1.88. The monoisotopic (exact) mass is 296 g/mol. The molecule has 0 radical (unpaired) electrons. The van der Waals surface area contributed by atoms with Crippen molar-refractivity contribution in [3.05, 3.63) is 42.0 Å². The molecule has 1 N–H and O–H groups in total. The first-order chi connectivity index (χ1) is 9.54. The fraction of sp³-hybridized carbons (Fsp3) is 0.467. The van der Waals surface area contributed by atoms with E-state index in [1.165, 1.54) is 16.1 Å². The van der Waals surface area contributed by atoms with Gasteiger partial charge in [0.2, 0.25) is 10.0 Å². The zero-order chi connectivity index (χ0) is 14.8. The van der Waals surface area contributed by atoms with Crippen molar-refractivity contribution in [3.8, 4) is 0 Å². The van der Waals surface area contributed by atoms with Crippen LogP contribution in [0.4, 0.5) is 0 Å². The van der Waals surface area contributed by atoms with Crippen LogP contribution in [0.1, 0.15) is 18.9 Å². The van der Waals surface area contributed by atoms with Gasteiger partial charge in [0.05, 0.1) is 6.26 Å². The van der Waals surface area contributed by atoms with Crippen LogP contribution in [0.5, 0.6) is 0 Å². The van der Waals surface area contributed by atoms with Crippen molar-refractivity contribution >= 4 is 16.1 Å². The highest BCUT2D eigenvalue weighted by Gasteiger charge is 2.12. The van der Waals surface area contributed by atoms with Gasteiger partial charge in [-0.3, -0.25) is 0 Å². The summed E-state index contributed by atoms with van der Waals surface area (Å²) >= 11 is 0. The first-order valence-electron chi connectivity index (χ1n) is 6.91. The number of sulfonamides is 1. The molecule has 0 bridgehead atoms. The Bertz CT molecular complexity index is 498. The molecule has 5 heteroatoms. The second-order valence-electron chi connectivity index (χ2n) is 4.63. The van der Waals surface area contributed by atoms with Crippen molar-refractivity contribution in [1.82, 2.24) is 9.62 Å². The Balaban J connectivity index is 2.15. The van der Waals surface area contributed by atoms with Crippen molar-refractivity contribution < 1.29 is 8.42 Å². The van der Waals surface area contributed by atoms with E-state index < -0.39 is 10.0 Å². The lowest BCUT2D eigenvalue weighted by molar-refractivity contribution is 0.421. The largest absolute Gasteiger partial charge is 0.313 e. The van der Waals surface area contributed by atoms with Crippen molar-refractivity contribution in [2.45, 2.75) is 13.3 Å². The minimum absolute atomic E-state index is 0.534. The van der Waals surface area contributed by atoms with Gasteiger partial charge in [-0.25, -0.2) is 12.7 Å². The van der Waals surface area contributed by atoms with Gasteiger partial charge in [-0.05, 0) is 18.5 Å². The topological polar surface area (TPSA) is 49.4 Å². The van der Waals surface area contributed by atoms with E-state index in [-0.39, 0.29) is 0 Å². The smallest absolute Gasteiger partial charge is 0.211 e. The maximum absolute atomic E-state index is 11.4. The van der Waals surface area contributed by atoms with Crippen molar-refractivity contribution in [2.75, 3.05) is 32.4 Å². The Hall–Kier alpha value is -1.17. The van der Waals surface area contributed by atoms with Crippen LogP contribution in [0.2, 0.25) is 0 Å². The Morgan fingerprint density at radius 1 is 1.25 bits per heavy atom. The van der Waals surface area contributed by atoms with Crippen LogP contribution in [-0.2, 0) is 10.0 Å². The second-order valence-corrected chi connectivity index (χ2v) is 6.61. The second kappa shape index (κ2) is 8.89. The predicted molar refractivity (Wildman–Crippen MR) is 85.1 cm³/mol. The van der Waals surface area contributed by atoms with E-state index in [2.05, 4.69) is 29.6 Å². The summed E-state index contributed by atoms with van der Waals surface area (Å²) in [5, 5.41) is 3.28. The van der Waals surface area contributed by atoms with Crippen LogP contribution in [0, 0.1) is 0 Å². The van der Waals surface area contributed by atoms with Crippen molar-refractivity contribution in [2.24, 2.45) is 0 Å². The number of hydrogen-bond donors (Lipinski definition) is 1. The summed E-state index contributed by atoms with van der Waals surface area (Å²) in [4.78, 5) is 0. The third-order valence-corrected chi connectivity index (χ3v) is 4.33. The number of nitrogens with zero attached hydrogens (tertiary/aromatic N) is 1. The van der Waals surface area contributed by atoms with Crippen LogP contribution in [0.25, 0.3) is 6.08 Å². The molecule has 0 heterocycles. The molecule has 1 aromatic carbocycles. The van der Waals surface area contributed by atoms with Gasteiger partial charge < -0.3 is 5.32 Å². The third-order valence-electron chi connectivity index (χ3n) is 2.95. The minimum atomic E-state index is -3.06. The molecule has 0 aliphatic carbocycles. The molecule has 0 fully saturated rings. The predicted octanol–water partition coefficient (Wildman–Crippen LogP) is 1.96. The number of benzene rings is 1.